The van der Waals surface area contributed by atoms with Gasteiger partial charge in [0.2, 0.25) is 0 Å². The van der Waals surface area contributed by atoms with Crippen molar-refractivity contribution in [3.63, 3.8) is 0 Å². The molecule has 0 N–H and O–H groups in total. The third-order valence-electron chi connectivity index (χ3n) is 7.82. The third-order valence-corrected chi connectivity index (χ3v) is 11.8. The molecule has 0 bridgehead atoms. The van der Waals surface area contributed by atoms with Gasteiger partial charge in [0.1, 0.15) is 35.5 Å². The van der Waals surface area contributed by atoms with Crippen molar-refractivity contribution in [1.29, 1.82) is 0 Å². The number of halogens is 1. The van der Waals surface area contributed by atoms with Gasteiger partial charge < -0.3 is 21.7 Å². The van der Waals surface area contributed by atoms with E-state index in [9.17, 15) is 0 Å². The van der Waals surface area contributed by atoms with E-state index in [1.165, 1.54) is 39.9 Å². The molecule has 0 radical (unpaired) electrons. The second kappa shape index (κ2) is 16.1. The summed E-state index contributed by atoms with van der Waals surface area (Å²) >= 11 is 0. The SMILES string of the molecule is C=C(C)c1cccc2c1CC(N(CCC)CCC)CO2.C[P+](c1ccccc1)(c1ccccc1)c1ccccc1.[Br-]. The first-order chi connectivity index (χ1) is 19.5. The highest BCUT2D eigenvalue weighted by atomic mass is 79.9. The maximum Gasteiger partial charge on any atom is 0.123 e. The number of benzene rings is 4. The fourth-order valence-electron chi connectivity index (χ4n) is 5.70. The fourth-order valence-corrected chi connectivity index (χ4v) is 8.90. The summed E-state index contributed by atoms with van der Waals surface area (Å²) in [5.41, 5.74) is 3.73. The standard InChI is InChI=1S/C19H18P.C18H27NO.BrH/c1-20(17-11-5-2-6-12-17,18-13-7-3-8-14-18)19-15-9-4-10-16-19;1-5-10-19(11-6-2)15-12-17-16(14(3)4)8-7-9-18(17)20-13-15;/h2-16H,1H3;7-9,15H,3,5-6,10-13H2,1-2,4H3;1H/q+1;;/p-1. The molecule has 0 saturated carbocycles. The highest BCUT2D eigenvalue weighted by molar-refractivity contribution is 7.95. The molecule has 41 heavy (non-hydrogen) atoms. The highest BCUT2D eigenvalue weighted by Gasteiger charge is 2.39. The van der Waals surface area contributed by atoms with Crippen LogP contribution in [0.2, 0.25) is 0 Å². The van der Waals surface area contributed by atoms with Crippen molar-refractivity contribution in [2.24, 2.45) is 0 Å². The Bertz CT molecular complexity index is 1240. The summed E-state index contributed by atoms with van der Waals surface area (Å²) < 4.78 is 6.02. The number of rotatable bonds is 9. The molecule has 1 heterocycles. The largest absolute Gasteiger partial charge is 1.00 e. The zero-order valence-electron chi connectivity index (χ0n) is 25.1. The van der Waals surface area contributed by atoms with E-state index in [1.54, 1.807) is 0 Å². The lowest BCUT2D eigenvalue weighted by atomic mass is 9.93. The molecule has 0 aromatic heterocycles. The van der Waals surface area contributed by atoms with Crippen LogP contribution in [0.1, 0.15) is 44.7 Å². The first-order valence-corrected chi connectivity index (χ1v) is 16.9. The van der Waals surface area contributed by atoms with Gasteiger partial charge >= 0.3 is 0 Å². The number of hydrogen-bond acceptors (Lipinski definition) is 2. The lowest BCUT2D eigenvalue weighted by Gasteiger charge is -2.35. The number of allylic oxidation sites excluding steroid dienone is 1. The smallest absolute Gasteiger partial charge is 0.123 e. The zero-order valence-corrected chi connectivity index (χ0v) is 27.6. The van der Waals surface area contributed by atoms with E-state index in [-0.39, 0.29) is 17.0 Å². The summed E-state index contributed by atoms with van der Waals surface area (Å²) in [7, 11) is -1.53. The van der Waals surface area contributed by atoms with Crippen molar-refractivity contribution in [2.75, 3.05) is 26.4 Å². The van der Waals surface area contributed by atoms with Gasteiger partial charge in [-0.3, -0.25) is 4.90 Å². The molecule has 1 unspecified atom stereocenters. The Kier molecular flexibility index (Phi) is 12.9. The van der Waals surface area contributed by atoms with E-state index in [1.807, 2.05) is 0 Å². The monoisotopic (exact) mass is 629 g/mol. The lowest BCUT2D eigenvalue weighted by Crippen LogP contribution is -3.00. The van der Waals surface area contributed by atoms with Gasteiger partial charge in [-0.2, -0.15) is 0 Å². The molecule has 0 amide bonds. The highest BCUT2D eigenvalue weighted by Crippen LogP contribution is 2.51. The van der Waals surface area contributed by atoms with Crippen LogP contribution in [0.25, 0.3) is 5.57 Å². The van der Waals surface area contributed by atoms with Crippen molar-refractivity contribution >= 4 is 28.7 Å². The van der Waals surface area contributed by atoms with Crippen molar-refractivity contribution in [2.45, 2.75) is 46.1 Å². The Morgan fingerprint density at radius 3 is 1.63 bits per heavy atom. The molecular weight excluding hydrogens is 585 g/mol. The minimum atomic E-state index is -1.53. The van der Waals surface area contributed by atoms with Crippen LogP contribution in [0.3, 0.4) is 0 Å². The first-order valence-electron chi connectivity index (χ1n) is 14.7. The topological polar surface area (TPSA) is 12.5 Å². The van der Waals surface area contributed by atoms with Crippen LogP contribution in [0.4, 0.5) is 0 Å². The van der Waals surface area contributed by atoms with E-state index >= 15 is 0 Å². The Balaban J connectivity index is 0.000000220. The minimum Gasteiger partial charge on any atom is -1.00 e. The maximum absolute atomic E-state index is 6.02. The van der Waals surface area contributed by atoms with E-state index in [0.717, 1.165) is 37.4 Å². The molecule has 4 aromatic rings. The Morgan fingerprint density at radius 1 is 0.756 bits per heavy atom. The van der Waals surface area contributed by atoms with Crippen molar-refractivity contribution in [3.05, 3.63) is 127 Å². The molecule has 5 rings (SSSR count). The zero-order chi connectivity index (χ0) is 28.4. The first kappa shape index (κ1) is 32.8. The van der Waals surface area contributed by atoms with Crippen LogP contribution in [0, 0.1) is 0 Å². The average molecular weight is 631 g/mol. The van der Waals surface area contributed by atoms with Gasteiger partial charge in [0.25, 0.3) is 0 Å². The lowest BCUT2D eigenvalue weighted by molar-refractivity contribution is -0.00000855. The van der Waals surface area contributed by atoms with Crippen molar-refractivity contribution < 1.29 is 21.7 Å². The molecule has 0 fully saturated rings. The fraction of sp³-hybridized carbons (Fsp3) is 0.297. The molecule has 1 aliphatic heterocycles. The van der Waals surface area contributed by atoms with Gasteiger partial charge in [0, 0.05) is 11.6 Å². The maximum atomic E-state index is 6.02. The number of hydrogen-bond donors (Lipinski definition) is 0. The van der Waals surface area contributed by atoms with Gasteiger partial charge in [-0.05, 0) is 87.3 Å². The molecular formula is C37H45BrNOP. The van der Waals surface area contributed by atoms with Crippen molar-refractivity contribution in [1.82, 2.24) is 4.90 Å². The number of nitrogens with zero attached hydrogens (tertiary/aromatic N) is 1. The van der Waals surface area contributed by atoms with Crippen LogP contribution in [-0.4, -0.2) is 37.3 Å². The molecule has 0 aliphatic carbocycles. The summed E-state index contributed by atoms with van der Waals surface area (Å²) in [5.74, 6) is 1.05. The molecule has 4 heteroatoms. The van der Waals surface area contributed by atoms with Crippen LogP contribution >= 0.6 is 7.26 Å². The van der Waals surface area contributed by atoms with Gasteiger partial charge in [-0.1, -0.05) is 92.7 Å². The summed E-state index contributed by atoms with van der Waals surface area (Å²) in [6, 6.07) is 39.5. The van der Waals surface area contributed by atoms with Crippen molar-refractivity contribution in [3.8, 4) is 5.75 Å². The molecule has 0 spiro atoms. The van der Waals surface area contributed by atoms with Gasteiger partial charge in [0.05, 0.1) is 6.66 Å². The van der Waals surface area contributed by atoms with Crippen LogP contribution in [0.5, 0.6) is 5.75 Å². The Morgan fingerprint density at radius 2 is 1.22 bits per heavy atom. The number of ether oxygens (including phenoxy) is 1. The Labute approximate surface area is 259 Å². The molecule has 2 nitrogen and oxygen atoms in total. The molecule has 4 aromatic carbocycles. The van der Waals surface area contributed by atoms with Gasteiger partial charge in [0.15, 0.2) is 0 Å². The van der Waals surface area contributed by atoms with Crippen LogP contribution < -0.4 is 37.6 Å². The van der Waals surface area contributed by atoms with E-state index < -0.39 is 7.26 Å². The minimum absolute atomic E-state index is 0. The van der Waals surface area contributed by atoms with Gasteiger partial charge in [-0.25, -0.2) is 0 Å². The molecule has 216 valence electrons. The molecule has 0 saturated heterocycles. The Hall–Kier alpha value is -2.71. The third kappa shape index (κ3) is 7.98. The van der Waals surface area contributed by atoms with E-state index in [4.69, 9.17) is 4.74 Å². The van der Waals surface area contributed by atoms with Crippen LogP contribution in [-0.2, 0) is 6.42 Å². The van der Waals surface area contributed by atoms with E-state index in [2.05, 4.69) is 148 Å². The number of fused-ring (bicyclic) bond motifs is 1. The summed E-state index contributed by atoms with van der Waals surface area (Å²) in [4.78, 5) is 2.58. The molecule has 1 atom stereocenters. The average Bonchev–Trinajstić information content (AvgIpc) is 3.01. The second-order valence-electron chi connectivity index (χ2n) is 10.8. The summed E-state index contributed by atoms with van der Waals surface area (Å²) in [5, 5.41) is 4.28. The predicted molar refractivity (Wildman–Crippen MR) is 177 cm³/mol. The molecule has 1 aliphatic rings. The van der Waals surface area contributed by atoms with Gasteiger partial charge in [-0.15, -0.1) is 0 Å². The summed E-state index contributed by atoms with van der Waals surface area (Å²) in [6.07, 6.45) is 3.48. The second-order valence-corrected chi connectivity index (χ2v) is 14.3. The van der Waals surface area contributed by atoms with Crippen LogP contribution in [0.15, 0.2) is 116 Å². The normalized spacial score (nSPS) is 14.1. The predicted octanol–water partition coefficient (Wildman–Crippen LogP) is 4.76. The quantitative estimate of drug-likeness (QED) is 0.248. The summed E-state index contributed by atoms with van der Waals surface area (Å²) in [6.45, 7) is 16.2. The van der Waals surface area contributed by atoms with E-state index in [0.29, 0.717) is 6.04 Å².